The van der Waals surface area contributed by atoms with E-state index < -0.39 is 0 Å². The van der Waals surface area contributed by atoms with Crippen LogP contribution in [0.25, 0.3) is 11.0 Å². The van der Waals surface area contributed by atoms with Gasteiger partial charge in [0.2, 0.25) is 0 Å². The molecule has 0 atom stereocenters. The van der Waals surface area contributed by atoms with Crippen molar-refractivity contribution < 1.29 is 0 Å². The average Bonchev–Trinajstić information content (AvgIpc) is 2.54. The summed E-state index contributed by atoms with van der Waals surface area (Å²) in [7, 11) is 1.95. The first-order chi connectivity index (χ1) is 10.1. The Morgan fingerprint density at radius 2 is 1.71 bits per heavy atom. The largest absolute Gasteiger partial charge is 0.389 e. The number of nitrogens with zero attached hydrogens (tertiary/aromatic N) is 3. The van der Waals surface area contributed by atoms with Crippen LogP contribution in [0.15, 0.2) is 54.7 Å². The topological polar surface area (TPSA) is 55.0 Å². The van der Waals surface area contributed by atoms with Crippen LogP contribution < -0.4 is 10.6 Å². The van der Waals surface area contributed by atoms with Gasteiger partial charge in [-0.1, -0.05) is 24.4 Å². The summed E-state index contributed by atoms with van der Waals surface area (Å²) in [6.07, 6.45) is 1.77. The molecule has 0 aliphatic heterocycles. The van der Waals surface area contributed by atoms with E-state index in [0.717, 1.165) is 28.1 Å². The smallest absolute Gasteiger partial charge is 0.152 e. The number of para-hydroxylation sites is 2. The normalized spacial score (nSPS) is 10.5. The molecule has 0 spiro atoms. The summed E-state index contributed by atoms with van der Waals surface area (Å²) in [5, 5.41) is 0. The highest BCUT2D eigenvalue weighted by Gasteiger charge is 2.07. The number of rotatable bonds is 3. The average molecular weight is 294 g/mol. The zero-order valence-corrected chi connectivity index (χ0v) is 12.3. The van der Waals surface area contributed by atoms with Crippen molar-refractivity contribution in [1.29, 1.82) is 0 Å². The van der Waals surface area contributed by atoms with Gasteiger partial charge in [-0.2, -0.15) is 0 Å². The molecule has 0 bridgehead atoms. The van der Waals surface area contributed by atoms with E-state index in [4.69, 9.17) is 18.0 Å². The van der Waals surface area contributed by atoms with E-state index in [1.54, 1.807) is 6.20 Å². The van der Waals surface area contributed by atoms with Crippen LogP contribution in [0, 0.1) is 0 Å². The van der Waals surface area contributed by atoms with Gasteiger partial charge in [0.25, 0.3) is 0 Å². The highest BCUT2D eigenvalue weighted by Crippen LogP contribution is 2.23. The third-order valence-electron chi connectivity index (χ3n) is 3.32. The number of thiocarbonyl (C=S) groups is 1. The van der Waals surface area contributed by atoms with Crippen LogP contribution in [0.3, 0.4) is 0 Å². The molecule has 0 amide bonds. The van der Waals surface area contributed by atoms with Crippen molar-refractivity contribution in [3.63, 3.8) is 0 Å². The molecule has 1 aromatic heterocycles. The third-order valence-corrected chi connectivity index (χ3v) is 3.55. The SMILES string of the molecule is CN(c1ccc(C(N)=S)cc1)c1cnc2ccccc2n1. The Balaban J connectivity index is 1.95. The molecule has 0 saturated heterocycles. The Hall–Kier alpha value is -2.53. The molecule has 1 heterocycles. The fourth-order valence-electron chi connectivity index (χ4n) is 2.09. The van der Waals surface area contributed by atoms with Gasteiger partial charge in [-0.25, -0.2) is 4.98 Å². The van der Waals surface area contributed by atoms with Crippen molar-refractivity contribution in [3.8, 4) is 0 Å². The second kappa shape index (κ2) is 5.46. The molecule has 0 radical (unpaired) electrons. The van der Waals surface area contributed by atoms with E-state index in [1.165, 1.54) is 0 Å². The predicted octanol–water partition coefficient (Wildman–Crippen LogP) is 3.03. The molecule has 104 valence electrons. The lowest BCUT2D eigenvalue weighted by atomic mass is 10.2. The highest BCUT2D eigenvalue weighted by molar-refractivity contribution is 7.80. The van der Waals surface area contributed by atoms with E-state index in [9.17, 15) is 0 Å². The van der Waals surface area contributed by atoms with Gasteiger partial charge in [-0.3, -0.25) is 4.98 Å². The van der Waals surface area contributed by atoms with Crippen molar-refractivity contribution in [2.75, 3.05) is 11.9 Å². The van der Waals surface area contributed by atoms with Crippen molar-refractivity contribution in [2.24, 2.45) is 5.73 Å². The zero-order valence-electron chi connectivity index (χ0n) is 11.5. The number of anilines is 2. The molecule has 3 aromatic rings. The van der Waals surface area contributed by atoms with Gasteiger partial charge in [0.15, 0.2) is 5.82 Å². The molecule has 4 nitrogen and oxygen atoms in total. The Morgan fingerprint density at radius 1 is 1.05 bits per heavy atom. The van der Waals surface area contributed by atoms with Gasteiger partial charge in [-0.15, -0.1) is 0 Å². The molecule has 0 unspecified atom stereocenters. The molecule has 5 heteroatoms. The summed E-state index contributed by atoms with van der Waals surface area (Å²) in [6, 6.07) is 15.5. The van der Waals surface area contributed by atoms with Crippen LogP contribution in [0.1, 0.15) is 5.56 Å². The molecule has 0 aliphatic carbocycles. The van der Waals surface area contributed by atoms with Crippen LogP contribution in [-0.4, -0.2) is 22.0 Å². The minimum atomic E-state index is 0.398. The van der Waals surface area contributed by atoms with Crippen LogP contribution in [0.5, 0.6) is 0 Å². The molecule has 0 saturated carbocycles. The molecule has 2 aromatic carbocycles. The first kappa shape index (κ1) is 13.5. The van der Waals surface area contributed by atoms with Crippen LogP contribution in [0.2, 0.25) is 0 Å². The first-order valence-corrected chi connectivity index (χ1v) is 6.91. The lowest BCUT2D eigenvalue weighted by molar-refractivity contribution is 1.12. The molecule has 0 aliphatic rings. The van der Waals surface area contributed by atoms with Gasteiger partial charge < -0.3 is 10.6 Å². The number of fused-ring (bicyclic) bond motifs is 1. The quantitative estimate of drug-likeness (QED) is 0.752. The van der Waals surface area contributed by atoms with E-state index in [1.807, 2.05) is 60.5 Å². The summed E-state index contributed by atoms with van der Waals surface area (Å²) in [5.41, 5.74) is 9.23. The second-order valence-corrected chi connectivity index (χ2v) is 5.13. The number of aromatic nitrogens is 2. The van der Waals surface area contributed by atoms with Gasteiger partial charge in [0.1, 0.15) is 4.99 Å². The minimum absolute atomic E-state index is 0.398. The summed E-state index contributed by atoms with van der Waals surface area (Å²) in [4.78, 5) is 11.4. The van der Waals surface area contributed by atoms with E-state index in [0.29, 0.717) is 4.99 Å². The van der Waals surface area contributed by atoms with Gasteiger partial charge in [-0.05, 0) is 36.4 Å². The van der Waals surface area contributed by atoms with Crippen molar-refractivity contribution >= 4 is 39.7 Å². The fourth-order valence-corrected chi connectivity index (χ4v) is 2.23. The summed E-state index contributed by atoms with van der Waals surface area (Å²) >= 11 is 4.96. The maximum atomic E-state index is 5.61. The van der Waals surface area contributed by atoms with Crippen LogP contribution in [0.4, 0.5) is 11.5 Å². The molecule has 3 rings (SSSR count). The Morgan fingerprint density at radius 3 is 2.38 bits per heavy atom. The Kier molecular flexibility index (Phi) is 3.50. The highest BCUT2D eigenvalue weighted by atomic mass is 32.1. The van der Waals surface area contributed by atoms with Crippen molar-refractivity contribution in [3.05, 3.63) is 60.3 Å². The Labute approximate surface area is 128 Å². The monoisotopic (exact) mass is 294 g/mol. The number of hydrogen-bond acceptors (Lipinski definition) is 4. The number of nitrogens with two attached hydrogens (primary N) is 1. The first-order valence-electron chi connectivity index (χ1n) is 6.50. The van der Waals surface area contributed by atoms with Crippen molar-refractivity contribution in [1.82, 2.24) is 9.97 Å². The van der Waals surface area contributed by atoms with Gasteiger partial charge in [0, 0.05) is 18.3 Å². The summed E-state index contributed by atoms with van der Waals surface area (Å²) < 4.78 is 0. The standard InChI is InChI=1S/C16H14N4S/c1-20(12-8-6-11(7-9-12)16(17)21)15-10-18-13-4-2-3-5-14(13)19-15/h2-10H,1H3,(H2,17,21). The summed E-state index contributed by atoms with van der Waals surface area (Å²) in [6.45, 7) is 0. The van der Waals surface area contributed by atoms with Crippen molar-refractivity contribution in [2.45, 2.75) is 0 Å². The molecule has 0 fully saturated rings. The number of benzene rings is 2. The maximum absolute atomic E-state index is 5.61. The van der Waals surface area contributed by atoms with Crippen LogP contribution in [-0.2, 0) is 0 Å². The lowest BCUT2D eigenvalue weighted by Crippen LogP contribution is -2.13. The van der Waals surface area contributed by atoms with Crippen LogP contribution >= 0.6 is 12.2 Å². The predicted molar refractivity (Wildman–Crippen MR) is 89.9 cm³/mol. The van der Waals surface area contributed by atoms with E-state index in [2.05, 4.69) is 9.97 Å². The minimum Gasteiger partial charge on any atom is -0.389 e. The van der Waals surface area contributed by atoms with E-state index >= 15 is 0 Å². The Bertz CT molecular complexity index is 799. The lowest BCUT2D eigenvalue weighted by Gasteiger charge is -2.18. The molecular formula is C16H14N4S. The second-order valence-electron chi connectivity index (χ2n) is 4.69. The third kappa shape index (κ3) is 2.68. The molecule has 2 N–H and O–H groups in total. The van der Waals surface area contributed by atoms with E-state index in [-0.39, 0.29) is 0 Å². The summed E-state index contributed by atoms with van der Waals surface area (Å²) in [5.74, 6) is 0.789. The molecule has 21 heavy (non-hydrogen) atoms. The number of hydrogen-bond donors (Lipinski definition) is 1. The zero-order chi connectivity index (χ0) is 14.8. The maximum Gasteiger partial charge on any atom is 0.152 e. The van der Waals surface area contributed by atoms with Gasteiger partial charge >= 0.3 is 0 Å². The molecular weight excluding hydrogens is 280 g/mol. The fraction of sp³-hybridized carbons (Fsp3) is 0.0625. The van der Waals surface area contributed by atoms with Gasteiger partial charge in [0.05, 0.1) is 17.2 Å².